The summed E-state index contributed by atoms with van der Waals surface area (Å²) in [4.78, 5) is 4.46. The summed E-state index contributed by atoms with van der Waals surface area (Å²) in [5.41, 5.74) is 0.159. The fourth-order valence-corrected chi connectivity index (χ4v) is 2.94. The molecule has 124 valence electrons. The van der Waals surface area contributed by atoms with Gasteiger partial charge in [-0.3, -0.25) is 4.98 Å². The Hall–Kier alpha value is -2.67. The number of aromatic nitrogens is 1. The van der Waals surface area contributed by atoms with Crippen LogP contribution in [0, 0.1) is 10.6 Å². The van der Waals surface area contributed by atoms with Gasteiger partial charge in [-0.1, -0.05) is 0 Å². The van der Waals surface area contributed by atoms with E-state index in [-0.39, 0.29) is 11.3 Å². The third-order valence-electron chi connectivity index (χ3n) is 3.50. The fraction of sp³-hybridized carbons (Fsp3) is 0.118. The van der Waals surface area contributed by atoms with Crippen LogP contribution >= 0.6 is 0 Å². The molecular weight excluding hydrogens is 331 g/mol. The van der Waals surface area contributed by atoms with Crippen molar-refractivity contribution in [1.82, 2.24) is 4.98 Å². The average molecular weight is 346 g/mol. The van der Waals surface area contributed by atoms with Crippen LogP contribution in [0.5, 0.6) is 17.2 Å². The Morgan fingerprint density at radius 2 is 1.79 bits per heavy atom. The van der Waals surface area contributed by atoms with Gasteiger partial charge in [0.25, 0.3) is 0 Å². The number of ether oxygens (including phenoxy) is 2. The highest BCUT2D eigenvalue weighted by Crippen LogP contribution is 2.33. The molecule has 0 radical (unpaired) electrons. The highest BCUT2D eigenvalue weighted by molar-refractivity contribution is 7.91. The van der Waals surface area contributed by atoms with E-state index in [1.165, 1.54) is 25.6 Å². The summed E-state index contributed by atoms with van der Waals surface area (Å²) in [5.74, 6) is 0.504. The maximum absolute atomic E-state index is 14.3. The summed E-state index contributed by atoms with van der Waals surface area (Å²) in [7, 11) is -1.38. The van der Waals surface area contributed by atoms with Gasteiger partial charge in [0.05, 0.1) is 16.8 Å². The van der Waals surface area contributed by atoms with Crippen molar-refractivity contribution in [2.24, 2.45) is 0 Å². The van der Waals surface area contributed by atoms with Crippen LogP contribution in [0.1, 0.15) is 0 Å². The smallest absolute Gasteiger partial charge is 0.191 e. The minimum atomic E-state index is -2.77. The molecule has 0 saturated carbocycles. The first kappa shape index (κ1) is 16.2. The number of nitrogens with zero attached hydrogens (tertiary/aromatic N) is 1. The number of pyridine rings is 1. The Kier molecular flexibility index (Phi) is 4.11. The number of rotatable bonds is 4. The van der Waals surface area contributed by atoms with E-state index in [2.05, 4.69) is 4.98 Å². The molecule has 0 saturated heterocycles. The van der Waals surface area contributed by atoms with Gasteiger partial charge in [0, 0.05) is 22.7 Å². The quantitative estimate of drug-likeness (QED) is 0.768. The molecule has 1 aromatic heterocycles. The Morgan fingerprint density at radius 1 is 1.08 bits per heavy atom. The summed E-state index contributed by atoms with van der Waals surface area (Å²) >= 11 is 0. The molecule has 0 aliphatic rings. The Balaban J connectivity index is 2.00. The van der Waals surface area contributed by atoms with E-state index >= 15 is 0 Å². The van der Waals surface area contributed by atoms with Gasteiger partial charge >= 0.3 is 0 Å². The van der Waals surface area contributed by atoms with Crippen molar-refractivity contribution in [3.63, 3.8) is 0 Å². The molecule has 0 aliphatic carbocycles. The highest BCUT2D eigenvalue weighted by atomic mass is 32.2. The second kappa shape index (κ2) is 6.09. The predicted octanol–water partition coefficient (Wildman–Crippen LogP) is 4.21. The summed E-state index contributed by atoms with van der Waals surface area (Å²) in [6.45, 7) is 0. The van der Waals surface area contributed by atoms with Crippen LogP contribution < -0.4 is 9.47 Å². The molecular formula is C17H15FN2O3S. The van der Waals surface area contributed by atoms with Gasteiger partial charge in [-0.15, -0.1) is 0 Å². The van der Waals surface area contributed by atoms with Crippen molar-refractivity contribution < 1.29 is 18.1 Å². The molecule has 1 atom stereocenters. The molecule has 0 spiro atoms. The molecule has 0 amide bonds. The van der Waals surface area contributed by atoms with E-state index in [4.69, 9.17) is 14.3 Å². The van der Waals surface area contributed by atoms with Crippen molar-refractivity contribution >= 4 is 20.6 Å². The van der Waals surface area contributed by atoms with Crippen molar-refractivity contribution in [2.75, 3.05) is 13.4 Å². The van der Waals surface area contributed by atoms with Crippen LogP contribution in [0.15, 0.2) is 53.6 Å². The lowest BCUT2D eigenvalue weighted by molar-refractivity contribution is 0.388. The lowest BCUT2D eigenvalue weighted by Crippen LogP contribution is -1.95. The number of hydrogen-bond acceptors (Lipinski definition) is 5. The SMILES string of the molecule is COc1ccc2c(Oc3ccc(S(C)(=N)=O)cc3)ccnc2c1F. The number of halogens is 1. The van der Waals surface area contributed by atoms with Crippen LogP contribution in [0.2, 0.25) is 0 Å². The maximum atomic E-state index is 14.3. The molecule has 1 N–H and O–H groups in total. The maximum Gasteiger partial charge on any atom is 0.191 e. The van der Waals surface area contributed by atoms with Crippen LogP contribution in [0.3, 0.4) is 0 Å². The first-order valence-corrected chi connectivity index (χ1v) is 8.99. The fourth-order valence-electron chi connectivity index (χ4n) is 2.28. The number of benzene rings is 2. The van der Waals surface area contributed by atoms with E-state index < -0.39 is 15.5 Å². The number of methoxy groups -OCH3 is 1. The molecule has 7 heteroatoms. The first-order chi connectivity index (χ1) is 11.4. The third-order valence-corrected chi connectivity index (χ3v) is 4.67. The van der Waals surface area contributed by atoms with E-state index in [9.17, 15) is 8.60 Å². The molecule has 24 heavy (non-hydrogen) atoms. The van der Waals surface area contributed by atoms with Crippen molar-refractivity contribution in [3.8, 4) is 17.2 Å². The zero-order valence-electron chi connectivity index (χ0n) is 13.1. The molecule has 0 fully saturated rings. The molecule has 5 nitrogen and oxygen atoms in total. The summed E-state index contributed by atoms with van der Waals surface area (Å²) in [6, 6.07) is 11.2. The summed E-state index contributed by atoms with van der Waals surface area (Å²) in [6.07, 6.45) is 2.81. The molecule has 0 aliphatic heterocycles. The van der Waals surface area contributed by atoms with Crippen molar-refractivity contribution in [2.45, 2.75) is 4.90 Å². The second-order valence-electron chi connectivity index (χ2n) is 5.20. The Bertz CT molecular complexity index is 1000. The predicted molar refractivity (Wildman–Crippen MR) is 89.8 cm³/mol. The normalized spacial score (nSPS) is 13.5. The van der Waals surface area contributed by atoms with Crippen LogP contribution in [0.25, 0.3) is 10.9 Å². The van der Waals surface area contributed by atoms with E-state index in [1.54, 1.807) is 36.4 Å². The highest BCUT2D eigenvalue weighted by Gasteiger charge is 2.13. The Labute approximate surface area is 139 Å². The number of nitrogens with one attached hydrogen (secondary N) is 1. The minimum absolute atomic E-state index is 0.115. The first-order valence-electron chi connectivity index (χ1n) is 7.03. The number of hydrogen-bond donors (Lipinski definition) is 1. The topological polar surface area (TPSA) is 72.3 Å². The lowest BCUT2D eigenvalue weighted by atomic mass is 10.2. The van der Waals surface area contributed by atoms with Crippen molar-refractivity contribution in [1.29, 1.82) is 4.78 Å². The van der Waals surface area contributed by atoms with E-state index in [0.717, 1.165) is 0 Å². The van der Waals surface area contributed by atoms with Gasteiger partial charge in [-0.2, -0.15) is 0 Å². The standard InChI is InChI=1S/C17H15FN2O3S/c1-22-15-8-7-13-14(9-10-20-17(13)16(15)18)23-11-3-5-12(6-4-11)24(2,19)21/h3-10,19H,1-2H3. The molecule has 3 aromatic rings. The zero-order valence-corrected chi connectivity index (χ0v) is 13.9. The van der Waals surface area contributed by atoms with Crippen molar-refractivity contribution in [3.05, 3.63) is 54.5 Å². The molecule has 0 bridgehead atoms. The van der Waals surface area contributed by atoms with E-state index in [0.29, 0.717) is 21.8 Å². The van der Waals surface area contributed by atoms with Gasteiger partial charge < -0.3 is 9.47 Å². The minimum Gasteiger partial charge on any atom is -0.494 e. The molecule has 2 aromatic carbocycles. The second-order valence-corrected chi connectivity index (χ2v) is 7.36. The Morgan fingerprint density at radius 3 is 2.42 bits per heavy atom. The van der Waals surface area contributed by atoms with Gasteiger partial charge in [0.2, 0.25) is 0 Å². The van der Waals surface area contributed by atoms with Crippen LogP contribution in [-0.4, -0.2) is 22.6 Å². The van der Waals surface area contributed by atoms with Gasteiger partial charge in [0.15, 0.2) is 11.6 Å². The third kappa shape index (κ3) is 3.03. The zero-order chi connectivity index (χ0) is 17.3. The van der Waals surface area contributed by atoms with Crippen LogP contribution in [0.4, 0.5) is 4.39 Å². The molecule has 3 rings (SSSR count). The molecule has 1 heterocycles. The largest absolute Gasteiger partial charge is 0.494 e. The molecule has 1 unspecified atom stereocenters. The van der Waals surface area contributed by atoms with Crippen LogP contribution in [-0.2, 0) is 9.73 Å². The monoisotopic (exact) mass is 346 g/mol. The average Bonchev–Trinajstić information content (AvgIpc) is 2.55. The lowest BCUT2D eigenvalue weighted by Gasteiger charge is -2.11. The van der Waals surface area contributed by atoms with E-state index in [1.807, 2.05) is 0 Å². The van der Waals surface area contributed by atoms with Gasteiger partial charge in [-0.25, -0.2) is 13.4 Å². The summed E-state index contributed by atoms with van der Waals surface area (Å²) < 4.78 is 44.3. The summed E-state index contributed by atoms with van der Waals surface area (Å²) in [5, 5.41) is 0.514. The number of fused-ring (bicyclic) bond motifs is 1. The van der Waals surface area contributed by atoms with Gasteiger partial charge in [0.1, 0.15) is 17.0 Å². The van der Waals surface area contributed by atoms with Gasteiger partial charge in [-0.05, 0) is 42.5 Å².